The third-order valence-corrected chi connectivity index (χ3v) is 8.41. The Balaban J connectivity index is 0.000000204. The number of furan rings is 1. The van der Waals surface area contributed by atoms with E-state index in [2.05, 4.69) is 85.1 Å². The topological polar surface area (TPSA) is 38.9 Å². The molecular weight excluding hydrogens is 661 g/mol. The summed E-state index contributed by atoms with van der Waals surface area (Å²) in [6.45, 7) is 11.2. The predicted octanol–water partition coefficient (Wildman–Crippen LogP) is 8.16. The normalized spacial score (nSPS) is 11.1. The molecule has 5 heteroatoms. The van der Waals surface area contributed by atoms with Crippen molar-refractivity contribution in [2.45, 2.75) is 33.5 Å². The molecule has 1 radical (unpaired) electrons. The Morgan fingerprint density at radius 1 is 0.737 bits per heavy atom. The molecule has 3 heterocycles. The van der Waals surface area contributed by atoms with E-state index in [4.69, 9.17) is 4.42 Å². The molecule has 0 bridgehead atoms. The molecule has 6 rings (SSSR count). The summed E-state index contributed by atoms with van der Waals surface area (Å²) in [5.41, 5.74) is 8.06. The van der Waals surface area contributed by atoms with Crippen molar-refractivity contribution in [2.75, 3.05) is 0 Å². The van der Waals surface area contributed by atoms with Crippen molar-refractivity contribution in [3.63, 3.8) is 0 Å². The molecule has 193 valence electrons. The number of hydrogen-bond acceptors (Lipinski definition) is 3. The van der Waals surface area contributed by atoms with Crippen molar-refractivity contribution < 1.29 is 24.5 Å². The summed E-state index contributed by atoms with van der Waals surface area (Å²) in [6.07, 6.45) is 3.71. The maximum atomic E-state index is 6.26. The Morgan fingerprint density at radius 3 is 2.26 bits per heavy atom. The van der Waals surface area contributed by atoms with Crippen LogP contribution in [0.5, 0.6) is 0 Å². The van der Waals surface area contributed by atoms with Gasteiger partial charge in [0.2, 0.25) is 0 Å². The smallest absolute Gasteiger partial charge is 0.120 e. The number of benzene rings is 3. The van der Waals surface area contributed by atoms with Crippen molar-refractivity contribution in [3.05, 3.63) is 115 Å². The number of aromatic nitrogens is 2. The van der Waals surface area contributed by atoms with Gasteiger partial charge in [0.1, 0.15) is 5.58 Å². The third kappa shape index (κ3) is 6.02. The molecule has 0 aliphatic rings. The van der Waals surface area contributed by atoms with Crippen LogP contribution in [-0.2, 0) is 20.1 Å². The summed E-state index contributed by atoms with van der Waals surface area (Å²) in [4.78, 5) is 8.82. The van der Waals surface area contributed by atoms with Gasteiger partial charge in [0.15, 0.2) is 0 Å². The largest absolute Gasteiger partial charge is 0.501 e. The van der Waals surface area contributed by atoms with Crippen LogP contribution in [0.2, 0.25) is 19.6 Å². The second kappa shape index (κ2) is 11.6. The first-order valence-electron chi connectivity index (χ1n) is 12.5. The van der Waals surface area contributed by atoms with Crippen molar-refractivity contribution in [2.24, 2.45) is 0 Å². The fraction of sp³-hybridized carbons (Fsp3) is 0.152. The number of hydrogen-bond donors (Lipinski definition) is 0. The summed E-state index contributed by atoms with van der Waals surface area (Å²) < 4.78 is 6.26. The Hall–Kier alpha value is -3.37. The maximum Gasteiger partial charge on any atom is 0.120 e. The van der Waals surface area contributed by atoms with Crippen molar-refractivity contribution in [3.8, 4) is 22.5 Å². The van der Waals surface area contributed by atoms with Crippen LogP contribution in [0.4, 0.5) is 0 Å². The van der Waals surface area contributed by atoms with Crippen LogP contribution < -0.4 is 5.19 Å². The summed E-state index contributed by atoms with van der Waals surface area (Å²) in [5, 5.41) is 3.70. The zero-order valence-electron chi connectivity index (χ0n) is 22.3. The first kappa shape index (κ1) is 27.7. The summed E-state index contributed by atoms with van der Waals surface area (Å²) in [5.74, 6) is 0. The van der Waals surface area contributed by atoms with Gasteiger partial charge in [-0.15, -0.1) is 54.1 Å². The van der Waals surface area contributed by atoms with Crippen LogP contribution in [0.1, 0.15) is 11.1 Å². The molecule has 6 aromatic rings. The average molecular weight is 691 g/mol. The zero-order valence-corrected chi connectivity index (χ0v) is 25.7. The summed E-state index contributed by atoms with van der Waals surface area (Å²) >= 11 is 0. The third-order valence-electron chi connectivity index (χ3n) is 6.37. The number of aryl methyl sites for hydroxylation is 2. The Labute approximate surface area is 239 Å². The van der Waals surface area contributed by atoms with Gasteiger partial charge in [-0.3, -0.25) is 0 Å². The molecule has 3 nitrogen and oxygen atoms in total. The molecule has 0 aliphatic carbocycles. The van der Waals surface area contributed by atoms with Crippen LogP contribution in [0.25, 0.3) is 44.5 Å². The van der Waals surface area contributed by atoms with Crippen molar-refractivity contribution in [1.82, 2.24) is 9.97 Å². The van der Waals surface area contributed by atoms with Gasteiger partial charge in [-0.1, -0.05) is 71.7 Å². The molecule has 0 N–H and O–H groups in total. The van der Waals surface area contributed by atoms with E-state index in [0.29, 0.717) is 0 Å². The van der Waals surface area contributed by atoms with E-state index in [1.54, 1.807) is 0 Å². The molecule has 0 saturated heterocycles. The number of pyridine rings is 2. The van der Waals surface area contributed by atoms with E-state index in [1.807, 2.05) is 61.8 Å². The van der Waals surface area contributed by atoms with E-state index in [0.717, 1.165) is 44.5 Å². The van der Waals surface area contributed by atoms with Crippen molar-refractivity contribution in [1.29, 1.82) is 0 Å². The Bertz CT molecular complexity index is 1670. The zero-order chi connectivity index (χ0) is 26.0. The molecule has 0 spiro atoms. The molecule has 0 fully saturated rings. The minimum Gasteiger partial charge on any atom is -0.501 e. The van der Waals surface area contributed by atoms with Crippen LogP contribution in [-0.4, -0.2) is 18.0 Å². The molecule has 3 aromatic heterocycles. The van der Waals surface area contributed by atoms with E-state index < -0.39 is 8.07 Å². The van der Waals surface area contributed by atoms with E-state index >= 15 is 0 Å². The van der Waals surface area contributed by atoms with Gasteiger partial charge in [-0.2, -0.15) is 0 Å². The monoisotopic (exact) mass is 691 g/mol. The average Bonchev–Trinajstić information content (AvgIpc) is 3.28. The number of fused-ring (bicyclic) bond motifs is 3. The minimum atomic E-state index is -1.36. The van der Waals surface area contributed by atoms with Gasteiger partial charge in [0, 0.05) is 37.9 Å². The SMILES string of the molecule is Cc1ccc(-c2[c-]cccc2)nc1.Cc1ccnc(-c2[c-]ccc3c2oc2cc([Si](C)(C)C)ccc23)c1.[Ir]. The fourth-order valence-corrected chi connectivity index (χ4v) is 5.40. The molecule has 0 saturated carbocycles. The number of nitrogens with zero attached hydrogens (tertiary/aromatic N) is 2. The van der Waals surface area contributed by atoms with Gasteiger partial charge in [0.25, 0.3) is 0 Å². The molecule has 38 heavy (non-hydrogen) atoms. The quantitative estimate of drug-likeness (QED) is 0.139. The number of rotatable bonds is 3. The molecule has 0 amide bonds. The second-order valence-electron chi connectivity index (χ2n) is 10.4. The van der Waals surface area contributed by atoms with E-state index in [-0.39, 0.29) is 20.1 Å². The van der Waals surface area contributed by atoms with Gasteiger partial charge in [-0.05, 0) is 42.9 Å². The van der Waals surface area contributed by atoms with Crippen LogP contribution >= 0.6 is 0 Å². The van der Waals surface area contributed by atoms with Gasteiger partial charge < -0.3 is 14.4 Å². The van der Waals surface area contributed by atoms with E-state index in [1.165, 1.54) is 16.3 Å². The Kier molecular flexibility index (Phi) is 8.42. The van der Waals surface area contributed by atoms with Crippen LogP contribution in [0.3, 0.4) is 0 Å². The fourth-order valence-electron chi connectivity index (χ4n) is 4.25. The first-order chi connectivity index (χ1) is 17.8. The van der Waals surface area contributed by atoms with Gasteiger partial charge in [0.05, 0.1) is 13.7 Å². The molecule has 0 unspecified atom stereocenters. The standard InChI is InChI=1S/C21H20NOSi.C12H10N.Ir/c1-14-10-11-22-19(12-14)18-7-5-6-17-16-9-8-15(24(2,3)4)13-20(16)23-21(17)18;1-10-7-8-12(13-9-10)11-5-3-2-4-6-11;/h5-6,8-13H,1-4H3;2-5,7-9H,1H3;/q2*-1;. The first-order valence-corrected chi connectivity index (χ1v) is 16.0. The van der Waals surface area contributed by atoms with Crippen LogP contribution in [0, 0.1) is 26.0 Å². The molecule has 0 atom stereocenters. The molecule has 0 aliphatic heterocycles. The van der Waals surface area contributed by atoms with E-state index in [9.17, 15) is 0 Å². The van der Waals surface area contributed by atoms with Crippen LogP contribution in [0.15, 0.2) is 95.7 Å². The minimum absolute atomic E-state index is 0. The summed E-state index contributed by atoms with van der Waals surface area (Å²) in [7, 11) is -1.36. The predicted molar refractivity (Wildman–Crippen MR) is 157 cm³/mol. The second-order valence-corrected chi connectivity index (χ2v) is 15.5. The maximum absolute atomic E-state index is 6.26. The molecule has 3 aromatic carbocycles. The van der Waals surface area contributed by atoms with Crippen molar-refractivity contribution >= 4 is 35.2 Å². The Morgan fingerprint density at radius 2 is 1.58 bits per heavy atom. The van der Waals surface area contributed by atoms with Gasteiger partial charge in [-0.25, -0.2) is 0 Å². The summed E-state index contributed by atoms with van der Waals surface area (Å²) in [6, 6.07) is 33.2. The van der Waals surface area contributed by atoms with Gasteiger partial charge >= 0.3 is 0 Å². The molecular formula is C33H30IrN2OSi-2.